The Balaban J connectivity index is 2.70. The third kappa shape index (κ3) is 3.67. The van der Waals surface area contributed by atoms with Crippen LogP contribution in [0.1, 0.15) is 12.5 Å². The van der Waals surface area contributed by atoms with Crippen molar-refractivity contribution in [1.29, 1.82) is 0 Å². The summed E-state index contributed by atoms with van der Waals surface area (Å²) in [4.78, 5) is 2.05. The van der Waals surface area contributed by atoms with Gasteiger partial charge in [0.05, 0.1) is 13.2 Å². The van der Waals surface area contributed by atoms with Crippen LogP contribution in [0.5, 0.6) is 0 Å². The quantitative estimate of drug-likeness (QED) is 0.779. The second kappa shape index (κ2) is 6.74. The van der Waals surface area contributed by atoms with Gasteiger partial charge in [-0.05, 0) is 25.1 Å². The molecule has 0 spiro atoms. The SMILES string of the molecule is CCOCCN(C)c1ccc(Cl)cc1CO. The lowest BCUT2D eigenvalue weighted by molar-refractivity contribution is 0.154. The van der Waals surface area contributed by atoms with E-state index in [1.807, 2.05) is 26.1 Å². The second-order valence-electron chi connectivity index (χ2n) is 3.55. The molecule has 3 nitrogen and oxygen atoms in total. The van der Waals surface area contributed by atoms with E-state index in [0.717, 1.165) is 24.4 Å². The molecule has 0 aliphatic rings. The number of likely N-dealkylation sites (N-methyl/N-ethyl adjacent to an activating group) is 1. The Kier molecular flexibility index (Phi) is 5.60. The van der Waals surface area contributed by atoms with Crippen LogP contribution in [0.15, 0.2) is 18.2 Å². The summed E-state index contributed by atoms with van der Waals surface area (Å²) in [6.07, 6.45) is 0. The van der Waals surface area contributed by atoms with Crippen LogP contribution in [0.25, 0.3) is 0 Å². The predicted molar refractivity (Wildman–Crippen MR) is 67.1 cm³/mol. The van der Waals surface area contributed by atoms with Crippen molar-refractivity contribution in [3.63, 3.8) is 0 Å². The van der Waals surface area contributed by atoms with E-state index < -0.39 is 0 Å². The number of halogens is 1. The topological polar surface area (TPSA) is 32.7 Å². The van der Waals surface area contributed by atoms with E-state index in [9.17, 15) is 5.11 Å². The van der Waals surface area contributed by atoms with E-state index in [4.69, 9.17) is 16.3 Å². The molecule has 0 aliphatic heterocycles. The average Bonchev–Trinajstić information content (AvgIpc) is 2.29. The van der Waals surface area contributed by atoms with Gasteiger partial charge in [-0.3, -0.25) is 0 Å². The molecule has 0 unspecified atom stereocenters. The molecule has 1 aromatic rings. The highest BCUT2D eigenvalue weighted by atomic mass is 35.5. The number of hydrogen-bond acceptors (Lipinski definition) is 3. The fourth-order valence-corrected chi connectivity index (χ4v) is 1.71. The van der Waals surface area contributed by atoms with Crippen LogP contribution < -0.4 is 4.90 Å². The van der Waals surface area contributed by atoms with Gasteiger partial charge in [0.25, 0.3) is 0 Å². The van der Waals surface area contributed by atoms with Crippen molar-refractivity contribution in [2.75, 3.05) is 31.7 Å². The van der Waals surface area contributed by atoms with Gasteiger partial charge in [0.15, 0.2) is 0 Å². The maximum atomic E-state index is 9.25. The third-order valence-corrected chi connectivity index (χ3v) is 2.63. The van der Waals surface area contributed by atoms with Crippen molar-refractivity contribution >= 4 is 17.3 Å². The van der Waals surface area contributed by atoms with Crippen molar-refractivity contribution in [1.82, 2.24) is 0 Å². The molecule has 0 bridgehead atoms. The molecular weight excluding hydrogens is 226 g/mol. The van der Waals surface area contributed by atoms with Gasteiger partial charge in [-0.1, -0.05) is 11.6 Å². The summed E-state index contributed by atoms with van der Waals surface area (Å²) in [6, 6.07) is 5.53. The molecule has 0 aromatic heterocycles. The Morgan fingerprint density at radius 3 is 2.81 bits per heavy atom. The largest absolute Gasteiger partial charge is 0.392 e. The van der Waals surface area contributed by atoms with Crippen molar-refractivity contribution in [3.05, 3.63) is 28.8 Å². The second-order valence-corrected chi connectivity index (χ2v) is 3.99. The van der Waals surface area contributed by atoms with Crippen LogP contribution in [-0.4, -0.2) is 31.9 Å². The normalized spacial score (nSPS) is 10.5. The maximum Gasteiger partial charge on any atom is 0.0702 e. The molecule has 4 heteroatoms. The predicted octanol–water partition coefficient (Wildman–Crippen LogP) is 2.31. The summed E-state index contributed by atoms with van der Waals surface area (Å²) in [7, 11) is 1.97. The molecule has 0 atom stereocenters. The minimum absolute atomic E-state index is 0.00509. The van der Waals surface area contributed by atoms with E-state index in [1.165, 1.54) is 0 Å². The summed E-state index contributed by atoms with van der Waals surface area (Å²) >= 11 is 5.87. The zero-order valence-corrected chi connectivity index (χ0v) is 10.5. The Labute approximate surface area is 102 Å². The van der Waals surface area contributed by atoms with Gasteiger partial charge in [-0.25, -0.2) is 0 Å². The summed E-state index contributed by atoms with van der Waals surface area (Å²) in [6.45, 7) is 4.17. The summed E-state index contributed by atoms with van der Waals surface area (Å²) in [5, 5.41) is 9.89. The highest BCUT2D eigenvalue weighted by Gasteiger charge is 2.07. The lowest BCUT2D eigenvalue weighted by atomic mass is 10.1. The summed E-state index contributed by atoms with van der Waals surface area (Å²) in [5.41, 5.74) is 1.83. The molecular formula is C12H18ClNO2. The van der Waals surface area contributed by atoms with Gasteiger partial charge in [-0.2, -0.15) is 0 Å². The van der Waals surface area contributed by atoms with Crippen LogP contribution in [0.4, 0.5) is 5.69 Å². The first-order valence-corrected chi connectivity index (χ1v) is 5.75. The van der Waals surface area contributed by atoms with Crippen LogP contribution in [-0.2, 0) is 11.3 Å². The first-order chi connectivity index (χ1) is 7.69. The Hall–Kier alpha value is -0.770. The van der Waals surface area contributed by atoms with Crippen LogP contribution in [0.3, 0.4) is 0 Å². The zero-order chi connectivity index (χ0) is 12.0. The van der Waals surface area contributed by atoms with Crippen molar-refractivity contribution in [2.45, 2.75) is 13.5 Å². The van der Waals surface area contributed by atoms with Crippen LogP contribution in [0.2, 0.25) is 5.02 Å². The maximum absolute atomic E-state index is 9.25. The van der Waals surface area contributed by atoms with Gasteiger partial charge in [0, 0.05) is 36.5 Å². The number of nitrogens with zero attached hydrogens (tertiary/aromatic N) is 1. The van der Waals surface area contributed by atoms with Crippen molar-refractivity contribution in [2.24, 2.45) is 0 Å². The van der Waals surface area contributed by atoms with Gasteiger partial charge < -0.3 is 14.7 Å². The van der Waals surface area contributed by atoms with Gasteiger partial charge in [0.1, 0.15) is 0 Å². The van der Waals surface area contributed by atoms with Crippen LogP contribution >= 0.6 is 11.6 Å². The number of benzene rings is 1. The number of rotatable bonds is 6. The Bertz CT molecular complexity index is 331. The Morgan fingerprint density at radius 1 is 1.44 bits per heavy atom. The molecule has 1 aromatic carbocycles. The van der Waals surface area contributed by atoms with E-state index in [2.05, 4.69) is 4.90 Å². The molecule has 1 N–H and O–H groups in total. The number of ether oxygens (including phenoxy) is 1. The minimum Gasteiger partial charge on any atom is -0.392 e. The van der Waals surface area contributed by atoms with Gasteiger partial charge in [-0.15, -0.1) is 0 Å². The minimum atomic E-state index is -0.00509. The zero-order valence-electron chi connectivity index (χ0n) is 9.74. The number of aliphatic hydroxyl groups excluding tert-OH is 1. The molecule has 0 amide bonds. The number of aliphatic hydroxyl groups is 1. The van der Waals surface area contributed by atoms with Gasteiger partial charge >= 0.3 is 0 Å². The lowest BCUT2D eigenvalue weighted by Crippen LogP contribution is -2.23. The number of hydrogen-bond donors (Lipinski definition) is 1. The Morgan fingerprint density at radius 2 is 2.19 bits per heavy atom. The average molecular weight is 244 g/mol. The molecule has 0 radical (unpaired) electrons. The molecule has 0 fully saturated rings. The molecule has 0 aliphatic carbocycles. The van der Waals surface area contributed by atoms with Gasteiger partial charge in [0.2, 0.25) is 0 Å². The van der Waals surface area contributed by atoms with E-state index in [1.54, 1.807) is 6.07 Å². The highest BCUT2D eigenvalue weighted by Crippen LogP contribution is 2.23. The molecule has 16 heavy (non-hydrogen) atoms. The number of anilines is 1. The molecule has 0 heterocycles. The van der Waals surface area contributed by atoms with Crippen molar-refractivity contribution < 1.29 is 9.84 Å². The summed E-state index contributed by atoms with van der Waals surface area (Å²) < 4.78 is 5.29. The van der Waals surface area contributed by atoms with E-state index >= 15 is 0 Å². The summed E-state index contributed by atoms with van der Waals surface area (Å²) in [5.74, 6) is 0. The molecule has 0 saturated heterocycles. The van der Waals surface area contributed by atoms with E-state index in [0.29, 0.717) is 11.6 Å². The fraction of sp³-hybridized carbons (Fsp3) is 0.500. The van der Waals surface area contributed by atoms with Crippen molar-refractivity contribution in [3.8, 4) is 0 Å². The highest BCUT2D eigenvalue weighted by molar-refractivity contribution is 6.30. The molecule has 90 valence electrons. The first kappa shape index (κ1) is 13.3. The monoisotopic (exact) mass is 243 g/mol. The fourth-order valence-electron chi connectivity index (χ4n) is 1.52. The smallest absolute Gasteiger partial charge is 0.0702 e. The van der Waals surface area contributed by atoms with Crippen LogP contribution in [0, 0.1) is 0 Å². The van der Waals surface area contributed by atoms with E-state index in [-0.39, 0.29) is 6.61 Å². The third-order valence-electron chi connectivity index (χ3n) is 2.40. The molecule has 0 saturated carbocycles. The molecule has 1 rings (SSSR count). The lowest BCUT2D eigenvalue weighted by Gasteiger charge is -2.21. The standard InChI is InChI=1S/C12H18ClNO2/c1-3-16-7-6-14(2)12-5-4-11(13)8-10(12)9-15/h4-5,8,15H,3,6-7,9H2,1-2H3. The first-order valence-electron chi connectivity index (χ1n) is 5.37.